The molecular formula is C22H19FN4O. The lowest BCUT2D eigenvalue weighted by molar-refractivity contribution is 0.477. The molecule has 0 aliphatic rings. The summed E-state index contributed by atoms with van der Waals surface area (Å²) >= 11 is 0. The second-order valence-electron chi connectivity index (χ2n) is 6.62. The number of aromatic nitrogens is 3. The predicted octanol–water partition coefficient (Wildman–Crippen LogP) is 4.73. The summed E-state index contributed by atoms with van der Waals surface area (Å²) in [6, 6.07) is 15.2. The number of rotatable bonds is 4. The molecule has 0 saturated heterocycles. The third-order valence-corrected chi connectivity index (χ3v) is 4.86. The highest BCUT2D eigenvalue weighted by molar-refractivity contribution is 5.91. The minimum absolute atomic E-state index is 0.0488. The van der Waals surface area contributed by atoms with Gasteiger partial charge in [0, 0.05) is 24.8 Å². The zero-order valence-electron chi connectivity index (χ0n) is 15.5. The number of aromatic hydroxyl groups is 1. The van der Waals surface area contributed by atoms with Gasteiger partial charge in [-0.1, -0.05) is 18.2 Å². The number of nitrogens with zero attached hydrogens (tertiary/aromatic N) is 4. The minimum Gasteiger partial charge on any atom is -0.507 e. The van der Waals surface area contributed by atoms with E-state index in [-0.39, 0.29) is 17.6 Å². The monoisotopic (exact) mass is 374 g/mol. The summed E-state index contributed by atoms with van der Waals surface area (Å²) in [5, 5.41) is 10.8. The molecule has 2 aromatic heterocycles. The Kier molecular flexibility index (Phi) is 4.61. The molecule has 5 nitrogen and oxygen atoms in total. The van der Waals surface area contributed by atoms with Gasteiger partial charge >= 0.3 is 0 Å². The summed E-state index contributed by atoms with van der Waals surface area (Å²) < 4.78 is 14.0. The van der Waals surface area contributed by atoms with Crippen molar-refractivity contribution in [3.63, 3.8) is 0 Å². The Morgan fingerprint density at radius 2 is 1.86 bits per heavy atom. The van der Waals surface area contributed by atoms with Crippen LogP contribution in [0.15, 0.2) is 67.0 Å². The Labute approximate surface area is 162 Å². The third-order valence-electron chi connectivity index (χ3n) is 4.86. The fraction of sp³-hybridized carbons (Fsp3) is 0.136. The van der Waals surface area contributed by atoms with Gasteiger partial charge in [-0.25, -0.2) is 14.4 Å². The molecule has 0 aliphatic heterocycles. The molecule has 4 aromatic rings. The number of phenolic OH excluding ortho intramolecular Hbond substituents is 1. The van der Waals surface area contributed by atoms with E-state index in [1.165, 1.54) is 12.1 Å². The van der Waals surface area contributed by atoms with Crippen LogP contribution in [-0.4, -0.2) is 27.1 Å². The van der Waals surface area contributed by atoms with E-state index in [9.17, 15) is 9.50 Å². The van der Waals surface area contributed by atoms with Crippen molar-refractivity contribution in [3.8, 4) is 17.1 Å². The zero-order valence-corrected chi connectivity index (χ0v) is 15.5. The van der Waals surface area contributed by atoms with Crippen molar-refractivity contribution in [2.75, 3.05) is 11.9 Å². The highest BCUT2D eigenvalue weighted by atomic mass is 19.1. The van der Waals surface area contributed by atoms with Gasteiger partial charge in [-0.05, 0) is 48.9 Å². The van der Waals surface area contributed by atoms with Crippen LogP contribution in [0.3, 0.4) is 0 Å². The summed E-state index contributed by atoms with van der Waals surface area (Å²) in [5.74, 6) is 0.713. The van der Waals surface area contributed by atoms with Gasteiger partial charge in [0.05, 0.1) is 17.1 Å². The number of anilines is 1. The summed E-state index contributed by atoms with van der Waals surface area (Å²) in [5.41, 5.74) is 2.14. The van der Waals surface area contributed by atoms with Gasteiger partial charge in [0.1, 0.15) is 17.4 Å². The molecule has 0 aliphatic carbocycles. The molecule has 28 heavy (non-hydrogen) atoms. The number of hydrogen-bond acceptors (Lipinski definition) is 5. The van der Waals surface area contributed by atoms with Crippen molar-refractivity contribution in [2.45, 2.75) is 13.0 Å². The van der Waals surface area contributed by atoms with Crippen molar-refractivity contribution in [2.24, 2.45) is 0 Å². The number of benzene rings is 2. The van der Waals surface area contributed by atoms with Crippen LogP contribution in [0.1, 0.15) is 18.5 Å². The van der Waals surface area contributed by atoms with E-state index < -0.39 is 0 Å². The normalized spacial score (nSPS) is 12.1. The maximum atomic E-state index is 14.0. The SMILES string of the molecule is CC(c1cccnc1)N(C)c1nc(-c2ccccc2O)nc2ccc(F)cc12. The lowest BCUT2D eigenvalue weighted by atomic mass is 10.1. The summed E-state index contributed by atoms with van der Waals surface area (Å²) in [7, 11) is 1.90. The van der Waals surface area contributed by atoms with E-state index in [0.29, 0.717) is 28.1 Å². The van der Waals surface area contributed by atoms with Crippen molar-refractivity contribution in [1.82, 2.24) is 15.0 Å². The highest BCUT2D eigenvalue weighted by Gasteiger charge is 2.19. The quantitative estimate of drug-likeness (QED) is 0.559. The molecule has 2 heterocycles. The third kappa shape index (κ3) is 3.24. The average Bonchev–Trinajstić information content (AvgIpc) is 2.73. The summed E-state index contributed by atoms with van der Waals surface area (Å²) in [6.45, 7) is 2.03. The molecule has 1 N–H and O–H groups in total. The Bertz CT molecular complexity index is 1130. The Balaban J connectivity index is 1.90. The molecular weight excluding hydrogens is 355 g/mol. The van der Waals surface area contributed by atoms with Gasteiger partial charge < -0.3 is 10.0 Å². The van der Waals surface area contributed by atoms with Crippen molar-refractivity contribution in [1.29, 1.82) is 0 Å². The maximum absolute atomic E-state index is 14.0. The molecule has 0 bridgehead atoms. The molecule has 0 spiro atoms. The number of halogens is 1. The van der Waals surface area contributed by atoms with E-state index >= 15 is 0 Å². The first kappa shape index (κ1) is 17.9. The molecule has 2 aromatic carbocycles. The first-order chi connectivity index (χ1) is 13.5. The highest BCUT2D eigenvalue weighted by Crippen LogP contribution is 2.34. The second-order valence-corrected chi connectivity index (χ2v) is 6.62. The van der Waals surface area contributed by atoms with Crippen molar-refractivity contribution < 1.29 is 9.50 Å². The predicted molar refractivity (Wildman–Crippen MR) is 108 cm³/mol. The number of para-hydroxylation sites is 1. The van der Waals surface area contributed by atoms with E-state index in [1.54, 1.807) is 36.7 Å². The van der Waals surface area contributed by atoms with Gasteiger partial charge in [-0.2, -0.15) is 0 Å². The molecule has 0 fully saturated rings. The number of fused-ring (bicyclic) bond motifs is 1. The van der Waals surface area contributed by atoms with Crippen LogP contribution in [0.25, 0.3) is 22.3 Å². The first-order valence-corrected chi connectivity index (χ1v) is 8.93. The van der Waals surface area contributed by atoms with E-state index in [2.05, 4.69) is 15.0 Å². The van der Waals surface area contributed by atoms with Crippen LogP contribution in [-0.2, 0) is 0 Å². The lowest BCUT2D eigenvalue weighted by Gasteiger charge is -2.27. The first-order valence-electron chi connectivity index (χ1n) is 8.93. The largest absolute Gasteiger partial charge is 0.507 e. The molecule has 4 rings (SSSR count). The summed E-state index contributed by atoms with van der Waals surface area (Å²) in [4.78, 5) is 15.4. The number of pyridine rings is 1. The van der Waals surface area contributed by atoms with Crippen LogP contribution in [0.5, 0.6) is 5.75 Å². The topological polar surface area (TPSA) is 62.1 Å². The summed E-state index contributed by atoms with van der Waals surface area (Å²) in [6.07, 6.45) is 3.52. The Hall–Kier alpha value is -3.54. The molecule has 1 unspecified atom stereocenters. The number of phenols is 1. The fourth-order valence-electron chi connectivity index (χ4n) is 3.17. The Morgan fingerprint density at radius 3 is 2.61 bits per heavy atom. The van der Waals surface area contributed by atoms with Crippen LogP contribution in [0, 0.1) is 5.82 Å². The minimum atomic E-state index is -0.352. The van der Waals surface area contributed by atoms with Gasteiger partial charge in [0.25, 0.3) is 0 Å². The Morgan fingerprint density at radius 1 is 1.04 bits per heavy atom. The molecule has 0 radical (unpaired) electrons. The second kappa shape index (κ2) is 7.23. The molecule has 6 heteroatoms. The van der Waals surface area contributed by atoms with Crippen molar-refractivity contribution >= 4 is 16.7 Å². The van der Waals surface area contributed by atoms with E-state index in [0.717, 1.165) is 5.56 Å². The van der Waals surface area contributed by atoms with Gasteiger partial charge in [-0.3, -0.25) is 4.98 Å². The lowest BCUT2D eigenvalue weighted by Crippen LogP contribution is -2.23. The van der Waals surface area contributed by atoms with Crippen molar-refractivity contribution in [3.05, 3.63) is 78.4 Å². The smallest absolute Gasteiger partial charge is 0.165 e. The maximum Gasteiger partial charge on any atom is 0.165 e. The molecule has 0 amide bonds. The van der Waals surface area contributed by atoms with E-state index in [1.807, 2.05) is 37.1 Å². The molecule has 1 atom stereocenters. The average molecular weight is 374 g/mol. The standard InChI is InChI=1S/C22H19FN4O/c1-14(15-6-5-11-24-13-15)27(2)22-18-12-16(23)9-10-19(18)25-21(26-22)17-7-3-4-8-20(17)28/h3-14,28H,1-2H3. The zero-order chi connectivity index (χ0) is 19.7. The number of hydrogen-bond donors (Lipinski definition) is 1. The molecule has 140 valence electrons. The van der Waals surface area contributed by atoms with Crippen LogP contribution in [0.2, 0.25) is 0 Å². The van der Waals surface area contributed by atoms with Gasteiger partial charge in [0.2, 0.25) is 0 Å². The van der Waals surface area contributed by atoms with Crippen LogP contribution >= 0.6 is 0 Å². The van der Waals surface area contributed by atoms with Gasteiger partial charge in [0.15, 0.2) is 5.82 Å². The van der Waals surface area contributed by atoms with Crippen LogP contribution in [0.4, 0.5) is 10.2 Å². The fourth-order valence-corrected chi connectivity index (χ4v) is 3.17. The van der Waals surface area contributed by atoms with Crippen LogP contribution < -0.4 is 4.90 Å². The van der Waals surface area contributed by atoms with E-state index in [4.69, 9.17) is 0 Å². The van der Waals surface area contributed by atoms with Gasteiger partial charge in [-0.15, -0.1) is 0 Å². The molecule has 0 saturated carbocycles.